The first-order valence-corrected chi connectivity index (χ1v) is 10.8. The van der Waals surface area contributed by atoms with Crippen LogP contribution in [0.15, 0.2) is 59.5 Å². The summed E-state index contributed by atoms with van der Waals surface area (Å²) >= 11 is 0. The molecule has 0 unspecified atom stereocenters. The Bertz CT molecular complexity index is 974. The van der Waals surface area contributed by atoms with Crippen LogP contribution in [0.4, 0.5) is 4.79 Å². The van der Waals surface area contributed by atoms with Gasteiger partial charge in [-0.05, 0) is 37.5 Å². The van der Waals surface area contributed by atoms with Crippen molar-refractivity contribution < 1.29 is 22.7 Å². The van der Waals surface area contributed by atoms with Crippen LogP contribution in [0.25, 0.3) is 0 Å². The summed E-state index contributed by atoms with van der Waals surface area (Å²) in [7, 11) is -2.87. The van der Waals surface area contributed by atoms with E-state index in [4.69, 9.17) is 4.74 Å². The number of nitrogens with one attached hydrogen (secondary N) is 1. The van der Waals surface area contributed by atoms with Gasteiger partial charge in [-0.15, -0.1) is 0 Å². The van der Waals surface area contributed by atoms with Crippen molar-refractivity contribution in [1.29, 1.82) is 0 Å². The fourth-order valence-electron chi connectivity index (χ4n) is 3.45. The zero-order valence-electron chi connectivity index (χ0n) is 16.4. The number of rotatable bonds is 7. The largest absolute Gasteiger partial charge is 0.469 e. The quantitative estimate of drug-likeness (QED) is 0.701. The number of amides is 2. The molecule has 8 heteroatoms. The molecule has 1 aliphatic rings. The number of carbonyl (C=O) groups is 2. The summed E-state index contributed by atoms with van der Waals surface area (Å²) in [4.78, 5) is 24.6. The molecule has 7 nitrogen and oxygen atoms in total. The lowest BCUT2D eigenvalue weighted by atomic mass is 9.99. The van der Waals surface area contributed by atoms with Crippen molar-refractivity contribution in [1.82, 2.24) is 9.62 Å². The third-order valence-corrected chi connectivity index (χ3v) is 6.87. The number of aryl methyl sites for hydroxylation is 2. The molecule has 1 heterocycles. The van der Waals surface area contributed by atoms with E-state index >= 15 is 0 Å². The zero-order valence-corrected chi connectivity index (χ0v) is 17.2. The summed E-state index contributed by atoms with van der Waals surface area (Å²) in [6, 6.07) is 13.9. The second-order valence-electron chi connectivity index (χ2n) is 7.04. The van der Waals surface area contributed by atoms with Crippen LogP contribution in [0.2, 0.25) is 0 Å². The Balaban J connectivity index is 1.88. The van der Waals surface area contributed by atoms with E-state index in [1.54, 1.807) is 12.1 Å². The van der Waals surface area contributed by atoms with Crippen molar-refractivity contribution in [2.45, 2.75) is 43.2 Å². The van der Waals surface area contributed by atoms with Gasteiger partial charge in [-0.2, -0.15) is 0 Å². The molecule has 1 saturated heterocycles. The normalized spacial score (nSPS) is 19.1. The van der Waals surface area contributed by atoms with Crippen molar-refractivity contribution in [2.75, 3.05) is 7.11 Å². The molecular formula is C21H24N2O5S. The van der Waals surface area contributed by atoms with Gasteiger partial charge in [0, 0.05) is 0 Å². The molecule has 29 heavy (non-hydrogen) atoms. The van der Waals surface area contributed by atoms with Crippen molar-refractivity contribution >= 4 is 22.0 Å². The molecule has 0 saturated carbocycles. The maximum absolute atomic E-state index is 13.2. The van der Waals surface area contributed by atoms with E-state index in [0.717, 1.165) is 15.4 Å². The van der Waals surface area contributed by atoms with Crippen LogP contribution in [0, 0.1) is 6.92 Å². The average molecular weight is 416 g/mol. The number of sulfonamides is 1. The average Bonchev–Trinajstić information content (AvgIpc) is 3.03. The number of urea groups is 1. The van der Waals surface area contributed by atoms with Crippen LogP contribution < -0.4 is 5.32 Å². The number of ether oxygens (including phenoxy) is 1. The number of esters is 1. The topological polar surface area (TPSA) is 92.8 Å². The fourth-order valence-corrected chi connectivity index (χ4v) is 5.01. The van der Waals surface area contributed by atoms with Gasteiger partial charge in [0.15, 0.2) is 0 Å². The summed E-state index contributed by atoms with van der Waals surface area (Å²) in [5.41, 5.74) is 1.97. The van der Waals surface area contributed by atoms with Gasteiger partial charge in [0.2, 0.25) is 0 Å². The molecule has 2 aromatic carbocycles. The molecule has 3 rings (SSSR count). The predicted octanol–water partition coefficient (Wildman–Crippen LogP) is 2.64. The van der Waals surface area contributed by atoms with Crippen molar-refractivity contribution in [3.63, 3.8) is 0 Å². The number of methoxy groups -OCH3 is 1. The van der Waals surface area contributed by atoms with Crippen LogP contribution in [-0.4, -0.2) is 43.9 Å². The van der Waals surface area contributed by atoms with Gasteiger partial charge >= 0.3 is 12.0 Å². The van der Waals surface area contributed by atoms with E-state index < -0.39 is 34.1 Å². The molecule has 1 aliphatic heterocycles. The van der Waals surface area contributed by atoms with Crippen molar-refractivity contribution in [3.05, 3.63) is 65.7 Å². The minimum Gasteiger partial charge on any atom is -0.469 e. The maximum atomic E-state index is 13.2. The highest BCUT2D eigenvalue weighted by Crippen LogP contribution is 2.28. The molecule has 1 N–H and O–H groups in total. The second-order valence-corrected chi connectivity index (χ2v) is 8.86. The Labute approximate surface area is 170 Å². The van der Waals surface area contributed by atoms with E-state index in [1.165, 1.54) is 19.2 Å². The SMILES string of the molecule is COC(=O)C[C@H]1[C@H](CCc2ccccc2)NC(=O)N1S(=O)(=O)c1ccc(C)cc1. The van der Waals surface area contributed by atoms with Gasteiger partial charge in [0.05, 0.1) is 30.5 Å². The first-order chi connectivity index (χ1) is 13.8. The number of carbonyl (C=O) groups excluding carboxylic acids is 2. The van der Waals surface area contributed by atoms with Crippen molar-refractivity contribution in [3.8, 4) is 0 Å². The summed E-state index contributed by atoms with van der Waals surface area (Å²) in [6.07, 6.45) is 0.930. The molecular weight excluding hydrogens is 392 g/mol. The fraction of sp³-hybridized carbons (Fsp3) is 0.333. The number of hydrogen-bond acceptors (Lipinski definition) is 5. The highest BCUT2D eigenvalue weighted by molar-refractivity contribution is 7.89. The van der Waals surface area contributed by atoms with Crippen LogP contribution in [0.3, 0.4) is 0 Å². The highest BCUT2D eigenvalue weighted by atomic mass is 32.2. The minimum atomic E-state index is -4.11. The Morgan fingerprint density at radius 3 is 2.38 bits per heavy atom. The van der Waals surface area contributed by atoms with Gasteiger partial charge < -0.3 is 10.1 Å². The van der Waals surface area contributed by atoms with E-state index in [2.05, 4.69) is 5.32 Å². The van der Waals surface area contributed by atoms with Gasteiger partial charge in [-0.3, -0.25) is 4.79 Å². The Morgan fingerprint density at radius 1 is 1.10 bits per heavy atom. The predicted molar refractivity (Wildman–Crippen MR) is 108 cm³/mol. The summed E-state index contributed by atoms with van der Waals surface area (Å²) in [5.74, 6) is -0.569. The molecule has 1 fully saturated rings. The lowest BCUT2D eigenvalue weighted by Crippen LogP contribution is -2.42. The smallest absolute Gasteiger partial charge is 0.331 e. The maximum Gasteiger partial charge on any atom is 0.331 e. The van der Waals surface area contributed by atoms with Crippen LogP contribution in [0.5, 0.6) is 0 Å². The minimum absolute atomic E-state index is 0.0109. The van der Waals surface area contributed by atoms with E-state index in [9.17, 15) is 18.0 Å². The number of benzene rings is 2. The molecule has 0 aliphatic carbocycles. The lowest BCUT2D eigenvalue weighted by Gasteiger charge is -2.25. The molecule has 0 radical (unpaired) electrons. The van der Waals surface area contributed by atoms with Gasteiger partial charge in [-0.1, -0.05) is 48.0 Å². The van der Waals surface area contributed by atoms with Gasteiger partial charge in [0.1, 0.15) is 0 Å². The molecule has 0 bridgehead atoms. The first-order valence-electron chi connectivity index (χ1n) is 9.35. The van der Waals surface area contributed by atoms with Gasteiger partial charge in [0.25, 0.3) is 10.0 Å². The van der Waals surface area contributed by atoms with Crippen LogP contribution in [-0.2, 0) is 26.0 Å². The Kier molecular flexibility index (Phi) is 6.22. The van der Waals surface area contributed by atoms with Crippen molar-refractivity contribution in [2.24, 2.45) is 0 Å². The molecule has 2 aromatic rings. The lowest BCUT2D eigenvalue weighted by molar-refractivity contribution is -0.141. The standard InChI is InChI=1S/C21H24N2O5S/c1-15-8-11-17(12-9-15)29(26,27)23-19(14-20(24)28-2)18(22-21(23)25)13-10-16-6-4-3-5-7-16/h3-9,11-12,18-19H,10,13-14H2,1-2H3,(H,22,25)/t18-,19-/m0/s1. The van der Waals surface area contributed by atoms with Crippen LogP contribution >= 0.6 is 0 Å². The first kappa shape index (κ1) is 20.9. The summed E-state index contributed by atoms with van der Waals surface area (Å²) < 4.78 is 31.9. The number of nitrogens with zero attached hydrogens (tertiary/aromatic N) is 1. The Hall–Kier alpha value is -2.87. The monoisotopic (exact) mass is 416 g/mol. The van der Waals surface area contributed by atoms with Crippen LogP contribution in [0.1, 0.15) is 24.0 Å². The summed E-state index contributed by atoms with van der Waals surface area (Å²) in [5, 5.41) is 2.74. The third-order valence-electron chi connectivity index (χ3n) is 5.04. The van der Waals surface area contributed by atoms with Gasteiger partial charge in [-0.25, -0.2) is 17.5 Å². The molecule has 0 aromatic heterocycles. The molecule has 2 amide bonds. The molecule has 154 valence electrons. The van der Waals surface area contributed by atoms with E-state index in [-0.39, 0.29) is 11.3 Å². The molecule has 0 spiro atoms. The number of hydrogen-bond donors (Lipinski definition) is 1. The highest BCUT2D eigenvalue weighted by Gasteiger charge is 2.47. The van der Waals surface area contributed by atoms with E-state index in [1.807, 2.05) is 37.3 Å². The van der Waals surface area contributed by atoms with E-state index in [0.29, 0.717) is 12.8 Å². The summed E-state index contributed by atoms with van der Waals surface area (Å²) in [6.45, 7) is 1.85. The second kappa shape index (κ2) is 8.65. The Morgan fingerprint density at radius 2 is 1.76 bits per heavy atom. The molecule has 2 atom stereocenters. The zero-order chi connectivity index (χ0) is 21.0. The third kappa shape index (κ3) is 4.59.